The molecule has 0 bridgehead atoms. The first-order valence-corrected chi connectivity index (χ1v) is 11.3. The maximum atomic E-state index is 13.5. The second kappa shape index (κ2) is 10.3. The molecule has 0 spiro atoms. The molecule has 1 fully saturated rings. The van der Waals surface area contributed by atoms with Crippen molar-refractivity contribution in [2.75, 3.05) is 6.54 Å². The Bertz CT molecular complexity index is 1080. The summed E-state index contributed by atoms with van der Waals surface area (Å²) in [5.74, 6) is 0.290. The SMILES string of the molecule is C=CCC[C@H](O)CN(Cc1c(C)nn(-c2ccc(F)cc2)c1Oc1ccc(F)cc1)C1CC1. The molecular formula is C26H29F2N3O2. The summed E-state index contributed by atoms with van der Waals surface area (Å²) in [6.07, 6.45) is 4.98. The molecule has 174 valence electrons. The molecule has 0 amide bonds. The van der Waals surface area contributed by atoms with E-state index in [1.165, 1.54) is 24.3 Å². The molecular weight excluding hydrogens is 424 g/mol. The van der Waals surface area contributed by atoms with Gasteiger partial charge in [0.25, 0.3) is 0 Å². The van der Waals surface area contributed by atoms with E-state index < -0.39 is 6.10 Å². The van der Waals surface area contributed by atoms with Crippen LogP contribution in [0.5, 0.6) is 11.6 Å². The van der Waals surface area contributed by atoms with Crippen molar-refractivity contribution in [3.05, 3.63) is 84.1 Å². The molecule has 1 aromatic heterocycles. The summed E-state index contributed by atoms with van der Waals surface area (Å²) in [5.41, 5.74) is 2.32. The quantitative estimate of drug-likeness (QED) is 0.387. The van der Waals surface area contributed by atoms with Crippen LogP contribution in [-0.2, 0) is 6.54 Å². The van der Waals surface area contributed by atoms with E-state index in [0.29, 0.717) is 42.9 Å². The van der Waals surface area contributed by atoms with Gasteiger partial charge in [-0.15, -0.1) is 6.58 Å². The predicted molar refractivity (Wildman–Crippen MR) is 124 cm³/mol. The highest BCUT2D eigenvalue weighted by atomic mass is 19.1. The molecule has 1 heterocycles. The minimum Gasteiger partial charge on any atom is -0.439 e. The molecule has 0 aliphatic heterocycles. The van der Waals surface area contributed by atoms with Gasteiger partial charge in [-0.3, -0.25) is 4.90 Å². The van der Waals surface area contributed by atoms with Crippen LogP contribution in [0, 0.1) is 18.6 Å². The second-order valence-electron chi connectivity index (χ2n) is 8.49. The molecule has 5 nitrogen and oxygen atoms in total. The van der Waals surface area contributed by atoms with Gasteiger partial charge in [-0.2, -0.15) is 5.10 Å². The average molecular weight is 454 g/mol. The number of ether oxygens (including phenoxy) is 1. The van der Waals surface area contributed by atoms with E-state index in [9.17, 15) is 13.9 Å². The van der Waals surface area contributed by atoms with Crippen molar-refractivity contribution in [2.45, 2.75) is 51.3 Å². The number of aliphatic hydroxyl groups is 1. The van der Waals surface area contributed by atoms with Crippen LogP contribution >= 0.6 is 0 Å². The maximum absolute atomic E-state index is 13.5. The van der Waals surface area contributed by atoms with E-state index in [0.717, 1.165) is 30.5 Å². The van der Waals surface area contributed by atoms with Gasteiger partial charge in [0.2, 0.25) is 5.88 Å². The number of benzene rings is 2. The second-order valence-corrected chi connectivity index (χ2v) is 8.49. The smallest absolute Gasteiger partial charge is 0.227 e. The molecule has 7 heteroatoms. The molecule has 3 aromatic rings. The zero-order chi connectivity index (χ0) is 23.4. The third-order valence-corrected chi connectivity index (χ3v) is 5.81. The highest BCUT2D eigenvalue weighted by Crippen LogP contribution is 2.35. The molecule has 0 saturated heterocycles. The number of rotatable bonds is 11. The number of allylic oxidation sites excluding steroid dienone is 1. The Kier molecular flexibility index (Phi) is 7.20. The Morgan fingerprint density at radius 2 is 1.79 bits per heavy atom. The molecule has 4 rings (SSSR count). The van der Waals surface area contributed by atoms with Crippen LogP contribution in [-0.4, -0.2) is 38.5 Å². The minimum atomic E-state index is -0.447. The van der Waals surface area contributed by atoms with Crippen molar-refractivity contribution in [2.24, 2.45) is 0 Å². The third kappa shape index (κ3) is 5.86. The zero-order valence-corrected chi connectivity index (χ0v) is 18.8. The lowest BCUT2D eigenvalue weighted by atomic mass is 10.1. The van der Waals surface area contributed by atoms with Crippen LogP contribution in [0.3, 0.4) is 0 Å². The van der Waals surface area contributed by atoms with Crippen LogP contribution in [0.1, 0.15) is 36.9 Å². The molecule has 1 atom stereocenters. The van der Waals surface area contributed by atoms with Crippen LogP contribution < -0.4 is 4.74 Å². The Morgan fingerprint density at radius 3 is 2.39 bits per heavy atom. The summed E-state index contributed by atoms with van der Waals surface area (Å²) >= 11 is 0. The van der Waals surface area contributed by atoms with Crippen LogP contribution in [0.15, 0.2) is 61.2 Å². The number of halogens is 2. The topological polar surface area (TPSA) is 50.5 Å². The van der Waals surface area contributed by atoms with Crippen LogP contribution in [0.25, 0.3) is 5.69 Å². The van der Waals surface area contributed by atoms with Gasteiger partial charge in [0, 0.05) is 19.1 Å². The van der Waals surface area contributed by atoms with Crippen molar-refractivity contribution < 1.29 is 18.6 Å². The fourth-order valence-corrected chi connectivity index (χ4v) is 3.85. The van der Waals surface area contributed by atoms with E-state index in [4.69, 9.17) is 4.74 Å². The predicted octanol–water partition coefficient (Wildman–Crippen LogP) is 5.54. The lowest BCUT2D eigenvalue weighted by Crippen LogP contribution is -2.34. The summed E-state index contributed by atoms with van der Waals surface area (Å²) in [4.78, 5) is 2.27. The first-order chi connectivity index (χ1) is 15.9. The molecule has 1 aliphatic carbocycles. The van der Waals surface area contributed by atoms with Gasteiger partial charge in [0.15, 0.2) is 0 Å². The Labute approximate surface area is 192 Å². The summed E-state index contributed by atoms with van der Waals surface area (Å²) in [6.45, 7) is 6.75. The normalized spacial score (nSPS) is 14.5. The van der Waals surface area contributed by atoms with Crippen molar-refractivity contribution in [3.8, 4) is 17.3 Å². The monoisotopic (exact) mass is 453 g/mol. The largest absolute Gasteiger partial charge is 0.439 e. The Balaban J connectivity index is 1.67. The molecule has 0 radical (unpaired) electrons. The van der Waals surface area contributed by atoms with Gasteiger partial charge in [-0.25, -0.2) is 13.5 Å². The first-order valence-electron chi connectivity index (χ1n) is 11.3. The van der Waals surface area contributed by atoms with Gasteiger partial charge in [0.05, 0.1) is 23.0 Å². The summed E-state index contributed by atoms with van der Waals surface area (Å²) in [7, 11) is 0. The van der Waals surface area contributed by atoms with E-state index in [-0.39, 0.29) is 11.6 Å². The lowest BCUT2D eigenvalue weighted by molar-refractivity contribution is 0.0975. The number of hydrogen-bond donors (Lipinski definition) is 1. The van der Waals surface area contributed by atoms with Crippen molar-refractivity contribution >= 4 is 0 Å². The van der Waals surface area contributed by atoms with E-state index in [1.54, 1.807) is 28.9 Å². The number of hydrogen-bond acceptors (Lipinski definition) is 4. The van der Waals surface area contributed by atoms with Gasteiger partial charge in [0.1, 0.15) is 17.4 Å². The Hall–Kier alpha value is -3.03. The summed E-state index contributed by atoms with van der Waals surface area (Å²) in [6, 6.07) is 12.2. The number of aryl methyl sites for hydroxylation is 1. The summed E-state index contributed by atoms with van der Waals surface area (Å²) < 4.78 is 34.8. The number of aliphatic hydroxyl groups excluding tert-OH is 1. The zero-order valence-electron chi connectivity index (χ0n) is 18.8. The average Bonchev–Trinajstić information content (AvgIpc) is 3.61. The fraction of sp³-hybridized carbons (Fsp3) is 0.346. The van der Waals surface area contributed by atoms with Gasteiger partial charge in [-0.05, 0) is 81.1 Å². The number of aromatic nitrogens is 2. The van der Waals surface area contributed by atoms with Crippen molar-refractivity contribution in [1.82, 2.24) is 14.7 Å². The highest BCUT2D eigenvalue weighted by Gasteiger charge is 2.32. The number of nitrogens with zero attached hydrogens (tertiary/aromatic N) is 3. The molecule has 1 aliphatic rings. The molecule has 1 saturated carbocycles. The molecule has 33 heavy (non-hydrogen) atoms. The van der Waals surface area contributed by atoms with Crippen LogP contribution in [0.4, 0.5) is 8.78 Å². The first kappa shape index (κ1) is 23.1. The van der Waals surface area contributed by atoms with Crippen molar-refractivity contribution in [3.63, 3.8) is 0 Å². The van der Waals surface area contributed by atoms with Gasteiger partial charge in [-0.1, -0.05) is 6.08 Å². The van der Waals surface area contributed by atoms with Crippen molar-refractivity contribution in [1.29, 1.82) is 0 Å². The third-order valence-electron chi connectivity index (χ3n) is 5.81. The van der Waals surface area contributed by atoms with E-state index in [1.807, 2.05) is 13.0 Å². The van der Waals surface area contributed by atoms with E-state index in [2.05, 4.69) is 16.6 Å². The van der Waals surface area contributed by atoms with Gasteiger partial charge >= 0.3 is 0 Å². The van der Waals surface area contributed by atoms with E-state index >= 15 is 0 Å². The molecule has 0 unspecified atom stereocenters. The lowest BCUT2D eigenvalue weighted by Gasteiger charge is -2.25. The fourth-order valence-electron chi connectivity index (χ4n) is 3.85. The molecule has 1 N–H and O–H groups in total. The minimum absolute atomic E-state index is 0.336. The van der Waals surface area contributed by atoms with Gasteiger partial charge < -0.3 is 9.84 Å². The molecule has 2 aromatic carbocycles. The maximum Gasteiger partial charge on any atom is 0.227 e. The van der Waals surface area contributed by atoms with Crippen LogP contribution in [0.2, 0.25) is 0 Å². The Morgan fingerprint density at radius 1 is 1.15 bits per heavy atom. The summed E-state index contributed by atoms with van der Waals surface area (Å²) in [5, 5.41) is 15.2. The standard InChI is InChI=1S/C26H29F2N3O2/c1-3-4-5-23(32)16-30(21-12-13-21)17-25-18(2)29-31(22-10-6-19(27)7-11-22)26(25)33-24-14-8-20(28)9-15-24/h3,6-11,14-15,21,23,32H,1,4-5,12-13,16-17H2,2H3/t23-/m0/s1. The highest BCUT2D eigenvalue weighted by molar-refractivity contribution is 5.43.